The van der Waals surface area contributed by atoms with Crippen LogP contribution in [0.4, 0.5) is 0 Å². The molecule has 0 radical (unpaired) electrons. The Labute approximate surface area is 119 Å². The van der Waals surface area contributed by atoms with E-state index in [-0.39, 0.29) is 0 Å². The molecule has 1 unspecified atom stereocenters. The van der Waals surface area contributed by atoms with Gasteiger partial charge in [0, 0.05) is 16.2 Å². The van der Waals surface area contributed by atoms with Gasteiger partial charge in [0.05, 0.1) is 0 Å². The molecular formula is C15H22IN. The van der Waals surface area contributed by atoms with Gasteiger partial charge in [-0.2, -0.15) is 0 Å². The van der Waals surface area contributed by atoms with Crippen LogP contribution in [-0.2, 0) is 6.54 Å². The molecule has 1 saturated heterocycles. The zero-order valence-electron chi connectivity index (χ0n) is 10.7. The number of halogens is 1. The summed E-state index contributed by atoms with van der Waals surface area (Å²) in [5, 5.41) is 0. The minimum absolute atomic E-state index is 0.827. The standard InChI is InChI=1S/C15H22IN/c1-2-5-15-6-3-4-11-17(15)12-13-7-9-14(16)10-8-13/h7-10,15H,2-6,11-12H2,1H3. The van der Waals surface area contributed by atoms with Crippen LogP contribution in [0.5, 0.6) is 0 Å². The third-order valence-electron chi connectivity index (χ3n) is 3.67. The smallest absolute Gasteiger partial charge is 0.0236 e. The minimum atomic E-state index is 0.827. The van der Waals surface area contributed by atoms with E-state index in [0.717, 1.165) is 12.6 Å². The molecule has 0 bridgehead atoms. The van der Waals surface area contributed by atoms with Crippen molar-refractivity contribution >= 4 is 22.6 Å². The molecular weight excluding hydrogens is 321 g/mol. The average molecular weight is 343 g/mol. The maximum Gasteiger partial charge on any atom is 0.0236 e. The van der Waals surface area contributed by atoms with Crippen LogP contribution < -0.4 is 0 Å². The van der Waals surface area contributed by atoms with Crippen LogP contribution in [0.15, 0.2) is 24.3 Å². The third-order valence-corrected chi connectivity index (χ3v) is 4.39. The van der Waals surface area contributed by atoms with Crippen LogP contribution in [0, 0.1) is 3.57 Å². The first-order chi connectivity index (χ1) is 8.29. The molecule has 94 valence electrons. The van der Waals surface area contributed by atoms with E-state index in [2.05, 4.69) is 58.7 Å². The molecule has 1 aliphatic rings. The molecule has 1 fully saturated rings. The van der Waals surface area contributed by atoms with Crippen LogP contribution in [0.2, 0.25) is 0 Å². The second-order valence-corrected chi connectivity index (χ2v) is 6.28. The van der Waals surface area contributed by atoms with Crippen molar-refractivity contribution in [2.24, 2.45) is 0 Å². The molecule has 2 heteroatoms. The number of hydrogen-bond acceptors (Lipinski definition) is 1. The van der Waals surface area contributed by atoms with Crippen molar-refractivity contribution < 1.29 is 0 Å². The monoisotopic (exact) mass is 343 g/mol. The Morgan fingerprint density at radius 1 is 1.24 bits per heavy atom. The largest absolute Gasteiger partial charge is 0.296 e. The highest BCUT2D eigenvalue weighted by molar-refractivity contribution is 14.1. The summed E-state index contributed by atoms with van der Waals surface area (Å²) in [4.78, 5) is 2.69. The summed E-state index contributed by atoms with van der Waals surface area (Å²) in [5.74, 6) is 0. The summed E-state index contributed by atoms with van der Waals surface area (Å²) in [6.45, 7) is 4.73. The van der Waals surface area contributed by atoms with Gasteiger partial charge in [-0.1, -0.05) is 31.9 Å². The molecule has 0 aromatic heterocycles. The predicted octanol–water partition coefficient (Wildman–Crippen LogP) is 4.45. The van der Waals surface area contributed by atoms with Gasteiger partial charge in [-0.25, -0.2) is 0 Å². The summed E-state index contributed by atoms with van der Waals surface area (Å²) >= 11 is 2.37. The van der Waals surface area contributed by atoms with Crippen LogP contribution >= 0.6 is 22.6 Å². The fourth-order valence-corrected chi connectivity index (χ4v) is 3.11. The molecule has 1 aliphatic heterocycles. The van der Waals surface area contributed by atoms with E-state index in [1.54, 1.807) is 0 Å². The second-order valence-electron chi connectivity index (χ2n) is 5.04. The Kier molecular flexibility index (Phi) is 5.29. The van der Waals surface area contributed by atoms with Crippen molar-refractivity contribution in [2.45, 2.75) is 51.6 Å². The highest BCUT2D eigenvalue weighted by Gasteiger charge is 2.21. The quantitative estimate of drug-likeness (QED) is 0.731. The number of likely N-dealkylation sites (tertiary alicyclic amines) is 1. The number of piperidine rings is 1. The Morgan fingerprint density at radius 2 is 2.00 bits per heavy atom. The van der Waals surface area contributed by atoms with Crippen molar-refractivity contribution in [1.29, 1.82) is 0 Å². The zero-order chi connectivity index (χ0) is 12.1. The number of benzene rings is 1. The molecule has 2 rings (SSSR count). The normalized spacial score (nSPS) is 21.6. The van der Waals surface area contributed by atoms with Crippen molar-refractivity contribution in [3.8, 4) is 0 Å². The van der Waals surface area contributed by atoms with Crippen LogP contribution in [0.25, 0.3) is 0 Å². The van der Waals surface area contributed by atoms with Crippen LogP contribution in [0.1, 0.15) is 44.6 Å². The van der Waals surface area contributed by atoms with Crippen LogP contribution in [0.3, 0.4) is 0 Å². The van der Waals surface area contributed by atoms with Gasteiger partial charge in [-0.05, 0) is 66.1 Å². The lowest BCUT2D eigenvalue weighted by Crippen LogP contribution is -2.38. The Balaban J connectivity index is 1.97. The molecule has 0 N–H and O–H groups in total. The zero-order valence-corrected chi connectivity index (χ0v) is 12.8. The summed E-state index contributed by atoms with van der Waals surface area (Å²) < 4.78 is 1.33. The van der Waals surface area contributed by atoms with Gasteiger partial charge in [0.2, 0.25) is 0 Å². The molecule has 1 aromatic carbocycles. The highest BCUT2D eigenvalue weighted by Crippen LogP contribution is 2.23. The lowest BCUT2D eigenvalue weighted by Gasteiger charge is -2.35. The molecule has 0 amide bonds. The molecule has 1 heterocycles. The Bertz CT molecular complexity index is 331. The maximum atomic E-state index is 2.69. The summed E-state index contributed by atoms with van der Waals surface area (Å²) in [5.41, 5.74) is 1.47. The number of hydrogen-bond donors (Lipinski definition) is 0. The van der Waals surface area contributed by atoms with Crippen molar-refractivity contribution in [3.63, 3.8) is 0 Å². The summed E-state index contributed by atoms with van der Waals surface area (Å²) in [6.07, 6.45) is 6.88. The van der Waals surface area contributed by atoms with E-state index < -0.39 is 0 Å². The average Bonchev–Trinajstić information content (AvgIpc) is 2.35. The SMILES string of the molecule is CCCC1CCCCN1Cc1ccc(I)cc1. The van der Waals surface area contributed by atoms with Crippen molar-refractivity contribution in [2.75, 3.05) is 6.54 Å². The molecule has 1 atom stereocenters. The number of nitrogens with zero attached hydrogens (tertiary/aromatic N) is 1. The fourth-order valence-electron chi connectivity index (χ4n) is 2.75. The van der Waals surface area contributed by atoms with E-state index in [4.69, 9.17) is 0 Å². The fraction of sp³-hybridized carbons (Fsp3) is 0.600. The molecule has 17 heavy (non-hydrogen) atoms. The van der Waals surface area contributed by atoms with Gasteiger partial charge in [0.25, 0.3) is 0 Å². The van der Waals surface area contributed by atoms with Crippen molar-refractivity contribution in [3.05, 3.63) is 33.4 Å². The summed E-state index contributed by atoms with van der Waals surface area (Å²) in [7, 11) is 0. The van der Waals surface area contributed by atoms with Gasteiger partial charge in [0.15, 0.2) is 0 Å². The summed E-state index contributed by atoms with van der Waals surface area (Å²) in [6, 6.07) is 9.82. The topological polar surface area (TPSA) is 3.24 Å². The van der Waals surface area contributed by atoms with E-state index in [0.29, 0.717) is 0 Å². The van der Waals surface area contributed by atoms with Gasteiger partial charge in [-0.15, -0.1) is 0 Å². The Morgan fingerprint density at radius 3 is 2.71 bits per heavy atom. The van der Waals surface area contributed by atoms with E-state index in [1.165, 1.54) is 47.8 Å². The van der Waals surface area contributed by atoms with Gasteiger partial charge >= 0.3 is 0 Å². The second kappa shape index (κ2) is 6.74. The predicted molar refractivity (Wildman–Crippen MR) is 82.1 cm³/mol. The van der Waals surface area contributed by atoms with Crippen LogP contribution in [-0.4, -0.2) is 17.5 Å². The minimum Gasteiger partial charge on any atom is -0.296 e. The lowest BCUT2D eigenvalue weighted by molar-refractivity contribution is 0.131. The van der Waals surface area contributed by atoms with Crippen molar-refractivity contribution in [1.82, 2.24) is 4.90 Å². The molecule has 0 spiro atoms. The first-order valence-corrected chi connectivity index (χ1v) is 7.86. The molecule has 1 nitrogen and oxygen atoms in total. The highest BCUT2D eigenvalue weighted by atomic mass is 127. The Hall–Kier alpha value is -0.0900. The first kappa shape index (κ1) is 13.3. The van der Waals surface area contributed by atoms with Gasteiger partial charge in [0.1, 0.15) is 0 Å². The maximum absolute atomic E-state index is 2.69. The molecule has 0 aliphatic carbocycles. The number of rotatable bonds is 4. The molecule has 1 aromatic rings. The lowest BCUT2D eigenvalue weighted by atomic mass is 9.97. The van der Waals surface area contributed by atoms with Gasteiger partial charge in [-0.3, -0.25) is 4.90 Å². The third kappa shape index (κ3) is 3.95. The van der Waals surface area contributed by atoms with E-state index in [1.807, 2.05) is 0 Å². The van der Waals surface area contributed by atoms with Gasteiger partial charge < -0.3 is 0 Å². The van der Waals surface area contributed by atoms with E-state index in [9.17, 15) is 0 Å². The van der Waals surface area contributed by atoms with E-state index >= 15 is 0 Å². The molecule has 0 saturated carbocycles. The first-order valence-electron chi connectivity index (χ1n) is 6.78.